The molecule has 2 aromatic carbocycles. The summed E-state index contributed by atoms with van der Waals surface area (Å²) in [5.41, 5.74) is 3.33. The normalized spacial score (nSPS) is 17.0. The van der Waals surface area contributed by atoms with Crippen LogP contribution in [0.1, 0.15) is 31.2 Å². The van der Waals surface area contributed by atoms with Gasteiger partial charge < -0.3 is 10.0 Å². The van der Waals surface area contributed by atoms with Gasteiger partial charge in [-0.25, -0.2) is 4.68 Å². The molecule has 2 heterocycles. The van der Waals surface area contributed by atoms with Crippen LogP contribution in [-0.4, -0.2) is 15.7 Å². The predicted molar refractivity (Wildman–Crippen MR) is 113 cm³/mol. The highest BCUT2D eigenvalue weighted by molar-refractivity contribution is 8.00. The van der Waals surface area contributed by atoms with E-state index in [1.807, 2.05) is 41.2 Å². The van der Waals surface area contributed by atoms with Crippen molar-refractivity contribution in [1.29, 1.82) is 0 Å². The molecule has 1 fully saturated rings. The summed E-state index contributed by atoms with van der Waals surface area (Å²) in [5.74, 6) is 0.0960. The average molecular weight is 411 g/mol. The number of rotatable bonds is 4. The zero-order valence-corrected chi connectivity index (χ0v) is 16.7. The monoisotopic (exact) mass is 410 g/mol. The van der Waals surface area contributed by atoms with Crippen molar-refractivity contribution in [3.05, 3.63) is 65.4 Å². The number of benzene rings is 2. The Morgan fingerprint density at radius 2 is 2.04 bits per heavy atom. The van der Waals surface area contributed by atoms with E-state index in [-0.39, 0.29) is 5.91 Å². The van der Waals surface area contributed by atoms with Gasteiger partial charge in [0.15, 0.2) is 0 Å². The number of anilines is 2. The number of amides is 1. The quantitative estimate of drug-likeness (QED) is 0.564. The van der Waals surface area contributed by atoms with Gasteiger partial charge in [0.2, 0.25) is 5.91 Å². The van der Waals surface area contributed by atoms with Crippen LogP contribution in [0.4, 0.5) is 11.4 Å². The van der Waals surface area contributed by atoms with Crippen molar-refractivity contribution >= 4 is 40.8 Å². The van der Waals surface area contributed by atoms with Gasteiger partial charge in [0, 0.05) is 23.0 Å². The molecule has 0 radical (unpaired) electrons. The molecule has 5 rings (SSSR count). The smallest absolute Gasteiger partial charge is 0.235 e. The van der Waals surface area contributed by atoms with Gasteiger partial charge in [-0.1, -0.05) is 30.5 Å². The summed E-state index contributed by atoms with van der Waals surface area (Å²) >= 11 is 8.02. The number of nitrogens with one attached hydrogen (secondary N) is 2. The summed E-state index contributed by atoms with van der Waals surface area (Å²) in [6.07, 6.45) is 7.63. The summed E-state index contributed by atoms with van der Waals surface area (Å²) in [6.45, 7) is 0. The average Bonchev–Trinajstić information content (AvgIpc) is 3.45. The highest BCUT2D eigenvalue weighted by atomic mass is 35.5. The molecule has 0 saturated heterocycles. The van der Waals surface area contributed by atoms with Crippen LogP contribution in [0.25, 0.3) is 5.69 Å². The minimum absolute atomic E-state index is 0.0960. The van der Waals surface area contributed by atoms with E-state index in [4.69, 9.17) is 11.6 Å². The van der Waals surface area contributed by atoms with E-state index in [0.29, 0.717) is 5.02 Å². The van der Waals surface area contributed by atoms with Crippen LogP contribution in [0.3, 0.4) is 0 Å². The Balaban J connectivity index is 1.40. The first kappa shape index (κ1) is 17.6. The third-order valence-electron chi connectivity index (χ3n) is 5.61. The first-order valence-electron chi connectivity index (χ1n) is 9.34. The second-order valence-corrected chi connectivity index (χ2v) is 8.56. The second-order valence-electron chi connectivity index (χ2n) is 7.28. The Morgan fingerprint density at radius 3 is 2.82 bits per heavy atom. The van der Waals surface area contributed by atoms with E-state index in [2.05, 4.69) is 27.3 Å². The maximum absolute atomic E-state index is 12.6. The van der Waals surface area contributed by atoms with E-state index >= 15 is 0 Å². The molecule has 1 amide bonds. The topological polar surface area (TPSA) is 59.0 Å². The lowest BCUT2D eigenvalue weighted by atomic mass is 9.80. The third kappa shape index (κ3) is 2.88. The van der Waals surface area contributed by atoms with Crippen molar-refractivity contribution in [2.24, 2.45) is 0 Å². The Morgan fingerprint density at radius 1 is 1.18 bits per heavy atom. The molecule has 7 heteroatoms. The van der Waals surface area contributed by atoms with Crippen molar-refractivity contribution in [1.82, 2.24) is 9.78 Å². The van der Waals surface area contributed by atoms with E-state index < -0.39 is 5.41 Å². The van der Waals surface area contributed by atoms with E-state index in [1.54, 1.807) is 6.20 Å². The molecule has 1 aromatic heterocycles. The summed E-state index contributed by atoms with van der Waals surface area (Å²) in [4.78, 5) is 13.7. The lowest BCUT2D eigenvalue weighted by Gasteiger charge is -2.21. The molecule has 1 spiro atoms. The number of halogens is 1. The van der Waals surface area contributed by atoms with Crippen LogP contribution in [0, 0.1) is 0 Å². The van der Waals surface area contributed by atoms with Gasteiger partial charge >= 0.3 is 0 Å². The van der Waals surface area contributed by atoms with Crippen molar-refractivity contribution in [3.63, 3.8) is 0 Å². The summed E-state index contributed by atoms with van der Waals surface area (Å²) in [5, 5.41) is 7.87. The maximum Gasteiger partial charge on any atom is 0.235 e. The lowest BCUT2D eigenvalue weighted by Crippen LogP contribution is -2.30. The van der Waals surface area contributed by atoms with Gasteiger partial charge in [-0.3, -0.25) is 4.79 Å². The number of aromatic nitrogens is 2. The molecule has 2 N–H and O–H groups in total. The minimum atomic E-state index is -0.401. The molecule has 1 aliphatic carbocycles. The van der Waals surface area contributed by atoms with Crippen LogP contribution < -0.4 is 10.0 Å². The van der Waals surface area contributed by atoms with E-state index in [9.17, 15) is 4.79 Å². The van der Waals surface area contributed by atoms with Crippen molar-refractivity contribution in [2.45, 2.75) is 36.0 Å². The van der Waals surface area contributed by atoms with E-state index in [1.165, 1.54) is 11.9 Å². The third-order valence-corrected chi connectivity index (χ3v) is 6.73. The molecule has 0 atom stereocenters. The van der Waals surface area contributed by atoms with Crippen LogP contribution in [0.2, 0.25) is 5.02 Å². The lowest BCUT2D eigenvalue weighted by molar-refractivity contribution is -0.120. The summed E-state index contributed by atoms with van der Waals surface area (Å²) < 4.78 is 5.22. The van der Waals surface area contributed by atoms with Gasteiger partial charge in [0.05, 0.1) is 21.8 Å². The Hall–Kier alpha value is -2.44. The highest BCUT2D eigenvalue weighted by Gasteiger charge is 2.49. The van der Waals surface area contributed by atoms with Crippen LogP contribution in [0.5, 0.6) is 0 Å². The molecule has 1 saturated carbocycles. The molecule has 0 unspecified atom stereocenters. The number of carbonyl (C=O) groups excluding carboxylic acids is 1. The van der Waals surface area contributed by atoms with Crippen LogP contribution >= 0.6 is 23.5 Å². The zero-order chi connectivity index (χ0) is 19.1. The molecule has 28 heavy (non-hydrogen) atoms. The van der Waals surface area contributed by atoms with Crippen molar-refractivity contribution in [2.75, 3.05) is 10.0 Å². The van der Waals surface area contributed by atoms with Gasteiger partial charge in [-0.05, 0) is 66.8 Å². The molecular weight excluding hydrogens is 392 g/mol. The summed E-state index contributed by atoms with van der Waals surface area (Å²) in [7, 11) is 0. The van der Waals surface area contributed by atoms with Gasteiger partial charge in [0.1, 0.15) is 0 Å². The molecule has 5 nitrogen and oxygen atoms in total. The van der Waals surface area contributed by atoms with Gasteiger partial charge in [0.25, 0.3) is 0 Å². The second kappa shape index (κ2) is 6.87. The number of hydrogen-bond donors (Lipinski definition) is 2. The number of hydrogen-bond acceptors (Lipinski definition) is 4. The molecule has 142 valence electrons. The van der Waals surface area contributed by atoms with Crippen LogP contribution in [0.15, 0.2) is 59.8 Å². The molecule has 2 aliphatic rings. The largest absolute Gasteiger partial charge is 0.326 e. The van der Waals surface area contributed by atoms with Crippen molar-refractivity contribution in [3.8, 4) is 5.69 Å². The zero-order valence-electron chi connectivity index (χ0n) is 15.1. The molecular formula is C21H19ClN4OS. The minimum Gasteiger partial charge on any atom is -0.326 e. The standard InChI is InChI=1S/C21H19ClN4OS/c22-18-12-14(11-17-19(18)24-20(27)21(17)7-1-2-8-21)25-28-16-6-3-5-15(13-16)26-10-4-9-23-26/h3-6,9-13,25H,1-2,7-8H2,(H,24,27). The fourth-order valence-electron chi connectivity index (χ4n) is 4.23. The fourth-order valence-corrected chi connectivity index (χ4v) is 5.18. The first-order chi connectivity index (χ1) is 13.7. The van der Waals surface area contributed by atoms with Gasteiger partial charge in [-0.2, -0.15) is 5.10 Å². The molecule has 0 bridgehead atoms. The highest BCUT2D eigenvalue weighted by Crippen LogP contribution is 2.51. The maximum atomic E-state index is 12.6. The fraction of sp³-hybridized carbons (Fsp3) is 0.238. The Labute approximate surface area is 172 Å². The number of fused-ring (bicyclic) bond motifs is 2. The van der Waals surface area contributed by atoms with Crippen molar-refractivity contribution < 1.29 is 4.79 Å². The van der Waals surface area contributed by atoms with E-state index in [0.717, 1.165) is 53.2 Å². The van der Waals surface area contributed by atoms with Crippen LogP contribution in [-0.2, 0) is 10.2 Å². The first-order valence-corrected chi connectivity index (χ1v) is 10.5. The summed E-state index contributed by atoms with van der Waals surface area (Å²) in [6, 6.07) is 14.0. The number of nitrogens with zero attached hydrogens (tertiary/aromatic N) is 2. The Bertz CT molecular complexity index is 1040. The molecule has 3 aromatic rings. The Kier molecular flexibility index (Phi) is 4.33. The SMILES string of the molecule is O=C1Nc2c(Cl)cc(NSc3cccc(-n4cccn4)c3)cc2C12CCCC2. The predicted octanol–water partition coefficient (Wildman–Crippen LogP) is 5.41. The van der Waals surface area contributed by atoms with Gasteiger partial charge in [-0.15, -0.1) is 0 Å². The molecule has 1 aliphatic heterocycles. The number of carbonyl (C=O) groups is 1.